The first-order valence-corrected chi connectivity index (χ1v) is 7.08. The van der Waals surface area contributed by atoms with E-state index >= 15 is 0 Å². The molecule has 0 aliphatic carbocycles. The number of rotatable bonds is 4. The summed E-state index contributed by atoms with van der Waals surface area (Å²) in [5, 5.41) is 14.8. The number of hydrogen-bond acceptors (Lipinski definition) is 4. The molecule has 0 amide bonds. The number of aromatic nitrogens is 3. The van der Waals surface area contributed by atoms with Crippen molar-refractivity contribution in [2.45, 2.75) is 29.9 Å². The molecule has 0 saturated carbocycles. The molecular formula is C12H14ClN5OS. The van der Waals surface area contributed by atoms with Crippen molar-refractivity contribution in [2.24, 2.45) is 5.73 Å². The van der Waals surface area contributed by atoms with Gasteiger partial charge in [-0.25, -0.2) is 9.89 Å². The summed E-state index contributed by atoms with van der Waals surface area (Å²) in [5.41, 5.74) is 5.71. The van der Waals surface area contributed by atoms with Crippen LogP contribution in [0.5, 0.6) is 0 Å². The maximum Gasteiger partial charge on any atom is 0.344 e. The molecule has 0 aliphatic rings. The molecule has 0 unspecified atom stereocenters. The lowest BCUT2D eigenvalue weighted by molar-refractivity contribution is 0.534. The third kappa shape index (κ3) is 2.88. The van der Waals surface area contributed by atoms with Gasteiger partial charge in [0.2, 0.25) is 0 Å². The Morgan fingerprint density at radius 3 is 2.80 bits per heavy atom. The standard InChI is InChI=1S/C12H14ClN5OS/c1-6(2)18-11(19)16-17-12(18)20-9-4-3-7(10(14)15)5-8(9)13/h3-6H,1-2H3,(H3,14,15)(H,16,19). The van der Waals surface area contributed by atoms with Crippen molar-refractivity contribution < 1.29 is 0 Å². The zero-order valence-corrected chi connectivity index (χ0v) is 12.5. The number of benzene rings is 1. The third-order valence-corrected chi connectivity index (χ3v) is 4.10. The molecule has 8 heteroatoms. The Balaban J connectivity index is 2.36. The van der Waals surface area contributed by atoms with Crippen LogP contribution in [0.15, 0.2) is 33.0 Å². The van der Waals surface area contributed by atoms with E-state index < -0.39 is 0 Å². The van der Waals surface area contributed by atoms with E-state index in [1.807, 2.05) is 13.8 Å². The summed E-state index contributed by atoms with van der Waals surface area (Å²) in [7, 11) is 0. The van der Waals surface area contributed by atoms with E-state index in [1.54, 1.807) is 22.8 Å². The largest absolute Gasteiger partial charge is 0.384 e. The van der Waals surface area contributed by atoms with Crippen LogP contribution in [0.2, 0.25) is 5.02 Å². The van der Waals surface area contributed by atoms with Crippen molar-refractivity contribution >= 4 is 29.2 Å². The molecular weight excluding hydrogens is 298 g/mol. The molecule has 0 atom stereocenters. The van der Waals surface area contributed by atoms with E-state index in [9.17, 15) is 4.79 Å². The molecule has 6 nitrogen and oxygen atoms in total. The van der Waals surface area contributed by atoms with E-state index in [0.717, 1.165) is 4.90 Å². The number of halogens is 1. The number of amidine groups is 1. The van der Waals surface area contributed by atoms with E-state index in [-0.39, 0.29) is 17.6 Å². The third-order valence-electron chi connectivity index (χ3n) is 2.63. The summed E-state index contributed by atoms with van der Waals surface area (Å²) in [6.07, 6.45) is 0. The van der Waals surface area contributed by atoms with Gasteiger partial charge in [0.05, 0.1) is 5.02 Å². The number of nitrogens with zero attached hydrogens (tertiary/aromatic N) is 2. The van der Waals surface area contributed by atoms with Crippen LogP contribution in [0.1, 0.15) is 25.5 Å². The molecule has 0 bridgehead atoms. The first-order valence-electron chi connectivity index (χ1n) is 5.89. The highest BCUT2D eigenvalue weighted by atomic mass is 35.5. The van der Waals surface area contributed by atoms with Gasteiger partial charge in [0.25, 0.3) is 0 Å². The van der Waals surface area contributed by atoms with Crippen LogP contribution in [0.25, 0.3) is 0 Å². The quantitative estimate of drug-likeness (QED) is 0.595. The highest BCUT2D eigenvalue weighted by molar-refractivity contribution is 7.99. The van der Waals surface area contributed by atoms with Crippen LogP contribution in [-0.2, 0) is 0 Å². The molecule has 2 aromatic rings. The Labute approximate surface area is 124 Å². The predicted octanol–water partition coefficient (Wildman–Crippen LogP) is 2.24. The van der Waals surface area contributed by atoms with Gasteiger partial charge in [0.1, 0.15) is 5.84 Å². The minimum Gasteiger partial charge on any atom is -0.384 e. The summed E-state index contributed by atoms with van der Waals surface area (Å²) < 4.78 is 1.56. The molecule has 1 aromatic heterocycles. The number of hydrogen-bond donors (Lipinski definition) is 3. The Kier molecular flexibility index (Phi) is 4.20. The van der Waals surface area contributed by atoms with Gasteiger partial charge in [-0.3, -0.25) is 9.98 Å². The predicted molar refractivity (Wildman–Crippen MR) is 79.8 cm³/mol. The van der Waals surface area contributed by atoms with Crippen molar-refractivity contribution in [3.8, 4) is 0 Å². The first-order chi connectivity index (χ1) is 9.40. The van der Waals surface area contributed by atoms with Gasteiger partial charge < -0.3 is 5.73 Å². The van der Waals surface area contributed by atoms with Crippen LogP contribution in [0.3, 0.4) is 0 Å². The Hall–Kier alpha value is -1.73. The Bertz CT molecular complexity index is 706. The van der Waals surface area contributed by atoms with Crippen molar-refractivity contribution in [2.75, 3.05) is 0 Å². The normalized spacial score (nSPS) is 11.0. The SMILES string of the molecule is CC(C)n1c(Sc2ccc(C(=N)N)cc2Cl)n[nH]c1=O. The summed E-state index contributed by atoms with van der Waals surface area (Å²) in [4.78, 5) is 12.4. The van der Waals surface area contributed by atoms with Gasteiger partial charge >= 0.3 is 5.69 Å². The molecule has 20 heavy (non-hydrogen) atoms. The average Bonchev–Trinajstić information content (AvgIpc) is 2.72. The van der Waals surface area contributed by atoms with Crippen LogP contribution in [0.4, 0.5) is 0 Å². The van der Waals surface area contributed by atoms with Crippen molar-refractivity contribution in [1.82, 2.24) is 14.8 Å². The number of nitrogens with two attached hydrogens (primary N) is 1. The van der Waals surface area contributed by atoms with E-state index in [0.29, 0.717) is 15.7 Å². The summed E-state index contributed by atoms with van der Waals surface area (Å²) >= 11 is 7.45. The molecule has 0 saturated heterocycles. The van der Waals surface area contributed by atoms with Crippen LogP contribution in [-0.4, -0.2) is 20.6 Å². The lowest BCUT2D eigenvalue weighted by Gasteiger charge is -2.09. The van der Waals surface area contributed by atoms with Gasteiger partial charge in [-0.1, -0.05) is 17.7 Å². The number of H-pyrrole nitrogens is 1. The molecule has 0 fully saturated rings. The van der Waals surface area contributed by atoms with Crippen LogP contribution < -0.4 is 11.4 Å². The Morgan fingerprint density at radius 1 is 1.55 bits per heavy atom. The highest BCUT2D eigenvalue weighted by Gasteiger charge is 2.14. The molecule has 1 aromatic carbocycles. The van der Waals surface area contributed by atoms with E-state index in [4.69, 9.17) is 22.7 Å². The maximum absolute atomic E-state index is 11.7. The second-order valence-electron chi connectivity index (χ2n) is 4.44. The topological polar surface area (TPSA) is 101 Å². The van der Waals surface area contributed by atoms with Crippen LogP contribution in [0, 0.1) is 5.41 Å². The van der Waals surface area contributed by atoms with Crippen LogP contribution >= 0.6 is 23.4 Å². The van der Waals surface area contributed by atoms with Gasteiger partial charge in [-0.15, -0.1) is 5.10 Å². The van der Waals surface area contributed by atoms with Gasteiger partial charge in [0.15, 0.2) is 5.16 Å². The van der Waals surface area contributed by atoms with E-state index in [2.05, 4.69) is 10.2 Å². The van der Waals surface area contributed by atoms with E-state index in [1.165, 1.54) is 11.8 Å². The Morgan fingerprint density at radius 2 is 2.25 bits per heavy atom. The minimum absolute atomic E-state index is 0.000909. The second kappa shape index (κ2) is 5.72. The molecule has 106 valence electrons. The fourth-order valence-electron chi connectivity index (χ4n) is 1.67. The highest BCUT2D eigenvalue weighted by Crippen LogP contribution is 2.32. The molecule has 1 heterocycles. The van der Waals surface area contributed by atoms with Gasteiger partial charge in [-0.2, -0.15) is 0 Å². The molecule has 0 spiro atoms. The smallest absolute Gasteiger partial charge is 0.344 e. The fourth-order valence-corrected chi connectivity index (χ4v) is 2.94. The number of aromatic amines is 1. The van der Waals surface area contributed by atoms with Gasteiger partial charge in [0, 0.05) is 16.5 Å². The zero-order valence-electron chi connectivity index (χ0n) is 11.0. The summed E-state index contributed by atoms with van der Waals surface area (Å²) in [5.74, 6) is -0.0395. The minimum atomic E-state index is -0.251. The number of nitrogen functional groups attached to an aromatic ring is 1. The summed E-state index contributed by atoms with van der Waals surface area (Å²) in [6.45, 7) is 3.81. The maximum atomic E-state index is 11.7. The average molecular weight is 312 g/mol. The second-order valence-corrected chi connectivity index (χ2v) is 5.85. The van der Waals surface area contributed by atoms with Crippen molar-refractivity contribution in [3.05, 3.63) is 39.3 Å². The first kappa shape index (κ1) is 14.7. The molecule has 4 N–H and O–H groups in total. The zero-order chi connectivity index (χ0) is 14.9. The monoisotopic (exact) mass is 311 g/mol. The summed E-state index contributed by atoms with van der Waals surface area (Å²) in [6, 6.07) is 5.09. The van der Waals surface area contributed by atoms with Crippen molar-refractivity contribution in [3.63, 3.8) is 0 Å². The lowest BCUT2D eigenvalue weighted by atomic mass is 10.2. The van der Waals surface area contributed by atoms with Gasteiger partial charge in [-0.05, 0) is 37.7 Å². The lowest BCUT2D eigenvalue weighted by Crippen LogP contribution is -2.19. The van der Waals surface area contributed by atoms with Crippen molar-refractivity contribution in [1.29, 1.82) is 5.41 Å². The fraction of sp³-hybridized carbons (Fsp3) is 0.250. The number of nitrogens with one attached hydrogen (secondary N) is 2. The molecule has 2 rings (SSSR count). The molecule has 0 radical (unpaired) electrons. The molecule has 0 aliphatic heterocycles.